The van der Waals surface area contributed by atoms with Crippen molar-refractivity contribution >= 4 is 71.9 Å². The van der Waals surface area contributed by atoms with Crippen LogP contribution in [0.1, 0.15) is 46.2 Å². The van der Waals surface area contributed by atoms with E-state index in [4.69, 9.17) is 18.8 Å². The summed E-state index contributed by atoms with van der Waals surface area (Å²) in [5, 5.41) is 21.2. The molecular weight excluding hydrogens is 747 g/mol. The van der Waals surface area contributed by atoms with Gasteiger partial charge in [0.2, 0.25) is 0 Å². The van der Waals surface area contributed by atoms with Gasteiger partial charge in [-0.2, -0.15) is 0 Å². The van der Waals surface area contributed by atoms with Crippen molar-refractivity contribution in [2.45, 2.75) is 51.7 Å². The molecule has 1 saturated heterocycles. The van der Waals surface area contributed by atoms with Crippen molar-refractivity contribution in [3.8, 4) is 0 Å². The lowest BCUT2D eigenvalue weighted by atomic mass is 9.75. The lowest BCUT2D eigenvalue weighted by molar-refractivity contribution is -0.386. The van der Waals surface area contributed by atoms with Crippen molar-refractivity contribution in [1.29, 1.82) is 0 Å². The monoisotopic (exact) mass is 774 g/mol. The molecule has 5 rings (SSSR count). The molecule has 16 heteroatoms. The van der Waals surface area contributed by atoms with E-state index in [0.29, 0.717) is 40.9 Å². The Morgan fingerprint density at radius 1 is 0.810 bits per heavy atom. The quantitative estimate of drug-likeness (QED) is 0.137. The minimum Gasteiger partial charge on any atom is -0.400 e. The van der Waals surface area contributed by atoms with Crippen LogP contribution in [0.5, 0.6) is 0 Å². The van der Waals surface area contributed by atoms with Crippen LogP contribution in [0, 0.1) is 20.2 Å². The molecule has 0 atom stereocenters. The Morgan fingerprint density at radius 2 is 1.33 bits per heavy atom. The number of rotatable bonds is 4. The number of nitro groups is 2. The van der Waals surface area contributed by atoms with Crippen LogP contribution in [0.4, 0.5) is 11.4 Å². The molecule has 0 N–H and O–H groups in total. The Balaban J connectivity index is 0.000000176. The van der Waals surface area contributed by atoms with Crippen molar-refractivity contribution in [1.82, 2.24) is 9.97 Å². The molecule has 42 heavy (non-hydrogen) atoms. The highest BCUT2D eigenvalue weighted by atomic mass is 79.9. The van der Waals surface area contributed by atoms with Gasteiger partial charge in [-0.05, 0) is 99.4 Å². The van der Waals surface area contributed by atoms with Crippen LogP contribution in [-0.4, -0.2) is 64.6 Å². The molecule has 0 aliphatic carbocycles. The summed E-state index contributed by atoms with van der Waals surface area (Å²) in [5.74, 6) is 0. The molecule has 3 aliphatic heterocycles. The van der Waals surface area contributed by atoms with Crippen molar-refractivity contribution in [3.63, 3.8) is 0 Å². The van der Waals surface area contributed by atoms with E-state index in [0.717, 1.165) is 18.6 Å². The van der Waals surface area contributed by atoms with E-state index in [9.17, 15) is 20.2 Å². The van der Waals surface area contributed by atoms with Gasteiger partial charge in [-0.1, -0.05) is 12.2 Å². The fourth-order valence-electron chi connectivity index (χ4n) is 3.85. The third-order valence-corrected chi connectivity index (χ3v) is 8.32. The zero-order chi connectivity index (χ0) is 31.1. The Morgan fingerprint density at radius 3 is 1.81 bits per heavy atom. The highest BCUT2D eigenvalue weighted by molar-refractivity contribution is 9.11. The number of halogens is 3. The molecule has 12 nitrogen and oxygen atoms in total. The summed E-state index contributed by atoms with van der Waals surface area (Å²) in [5.41, 5.74) is 2.05. The summed E-state index contributed by atoms with van der Waals surface area (Å²) in [6.07, 6.45) is 8.54. The molecule has 0 radical (unpaired) electrons. The van der Waals surface area contributed by atoms with Crippen LogP contribution in [0.3, 0.4) is 0 Å². The maximum atomic E-state index is 10.9. The lowest BCUT2D eigenvalue weighted by Gasteiger charge is -2.32. The normalized spacial score (nSPS) is 18.9. The van der Waals surface area contributed by atoms with Crippen LogP contribution in [0.2, 0.25) is 0 Å². The highest BCUT2D eigenvalue weighted by Gasteiger charge is 2.52. The first kappa shape index (κ1) is 34.4. The van der Waals surface area contributed by atoms with Crippen molar-refractivity contribution in [2.24, 2.45) is 0 Å². The highest BCUT2D eigenvalue weighted by Crippen LogP contribution is 2.39. The van der Waals surface area contributed by atoms with E-state index in [1.54, 1.807) is 6.20 Å². The number of ether oxygens (including phenoxy) is 2. The minimum absolute atomic E-state index is 0.0301. The zero-order valence-corrected chi connectivity index (χ0v) is 28.2. The SMILES string of the molecule is CC1(C)OB(C2=CCOCC2)OC1(C)C.O=[N+]([O-])c1cc(Br)cnc1Br.O=[N+]([O-])c1cc(Br)cnc1C1=CCOCC1. The first-order valence-electron chi connectivity index (χ1n) is 12.9. The molecule has 0 aromatic carbocycles. The molecule has 3 aliphatic rings. The molecule has 2 aromatic heterocycles. The lowest BCUT2D eigenvalue weighted by Crippen LogP contribution is -2.41. The van der Waals surface area contributed by atoms with Gasteiger partial charge in [-0.15, -0.1) is 0 Å². The third kappa shape index (κ3) is 9.21. The summed E-state index contributed by atoms with van der Waals surface area (Å²) in [6, 6.07) is 2.86. The summed E-state index contributed by atoms with van der Waals surface area (Å²) in [6.45, 7) is 10.8. The fraction of sp³-hybridized carbons (Fsp3) is 0.462. The minimum atomic E-state index is -0.498. The first-order chi connectivity index (χ1) is 19.7. The number of aromatic nitrogens is 2. The van der Waals surface area contributed by atoms with E-state index >= 15 is 0 Å². The van der Waals surface area contributed by atoms with Gasteiger partial charge in [0.1, 0.15) is 5.69 Å². The summed E-state index contributed by atoms with van der Waals surface area (Å²) in [4.78, 5) is 28.1. The number of pyridine rings is 2. The van der Waals surface area contributed by atoms with Crippen LogP contribution in [0.15, 0.2) is 55.7 Å². The van der Waals surface area contributed by atoms with Crippen molar-refractivity contribution in [3.05, 3.63) is 81.6 Å². The van der Waals surface area contributed by atoms with E-state index in [1.807, 2.05) is 6.08 Å². The van der Waals surface area contributed by atoms with Gasteiger partial charge in [-0.25, -0.2) is 9.97 Å². The second-order valence-corrected chi connectivity index (χ2v) is 12.8. The standard InChI is InChI=1S/C11H19BO3.C10H9BrN2O3.C5H2Br2N2O2/c1-10(2)11(3,4)15-12(14-10)9-5-7-13-8-6-9;11-8-5-9(13(14)15)10(12-6-8)7-1-3-16-4-2-7;6-3-1-4(9(10)11)5(7)8-2-3/h5H,6-8H2,1-4H3;1,5-6H,2-4H2;1-2H. The van der Waals surface area contributed by atoms with Gasteiger partial charge in [0.25, 0.3) is 5.69 Å². The maximum Gasteiger partial charge on any atom is 0.490 e. The molecule has 0 saturated carbocycles. The molecule has 1 fully saturated rings. The number of hydrogen-bond donors (Lipinski definition) is 0. The van der Waals surface area contributed by atoms with Crippen LogP contribution in [-0.2, 0) is 18.8 Å². The Hall–Kier alpha value is -2.08. The molecule has 2 aromatic rings. The smallest absolute Gasteiger partial charge is 0.400 e. The van der Waals surface area contributed by atoms with E-state index in [-0.39, 0.29) is 34.3 Å². The molecule has 0 unspecified atom stereocenters. The largest absolute Gasteiger partial charge is 0.490 e. The summed E-state index contributed by atoms with van der Waals surface area (Å²) >= 11 is 9.21. The summed E-state index contributed by atoms with van der Waals surface area (Å²) in [7, 11) is -0.182. The topological polar surface area (TPSA) is 149 Å². The van der Waals surface area contributed by atoms with Gasteiger partial charge in [0.05, 0.1) is 47.5 Å². The third-order valence-electron chi connectivity index (χ3n) is 6.84. The predicted molar refractivity (Wildman–Crippen MR) is 168 cm³/mol. The first-order valence-corrected chi connectivity index (χ1v) is 15.2. The van der Waals surface area contributed by atoms with E-state index in [2.05, 4.69) is 91.5 Å². The second kappa shape index (κ2) is 15.1. The zero-order valence-electron chi connectivity index (χ0n) is 23.5. The maximum absolute atomic E-state index is 10.9. The predicted octanol–water partition coefficient (Wildman–Crippen LogP) is 7.04. The van der Waals surface area contributed by atoms with Gasteiger partial charge in [0, 0.05) is 33.5 Å². The van der Waals surface area contributed by atoms with Crippen molar-refractivity contribution in [2.75, 3.05) is 26.4 Å². The van der Waals surface area contributed by atoms with Crippen molar-refractivity contribution < 1.29 is 28.6 Å². The fourth-order valence-corrected chi connectivity index (χ4v) is 4.85. The Kier molecular flexibility index (Phi) is 12.4. The van der Waals surface area contributed by atoms with Gasteiger partial charge < -0.3 is 18.8 Å². The van der Waals surface area contributed by atoms with Gasteiger partial charge in [0.15, 0.2) is 4.60 Å². The van der Waals surface area contributed by atoms with E-state index in [1.165, 1.54) is 23.8 Å². The molecule has 0 bridgehead atoms. The Bertz CT molecular complexity index is 1360. The van der Waals surface area contributed by atoms with E-state index < -0.39 is 9.85 Å². The average Bonchev–Trinajstić information content (AvgIpc) is 3.18. The molecule has 5 heterocycles. The number of hydrogen-bond acceptors (Lipinski definition) is 10. The van der Waals surface area contributed by atoms with Crippen LogP contribution >= 0.6 is 47.8 Å². The molecule has 0 amide bonds. The van der Waals surface area contributed by atoms with Crippen LogP contribution < -0.4 is 0 Å². The molecule has 0 spiro atoms. The second-order valence-electron chi connectivity index (χ2n) is 10.2. The summed E-state index contributed by atoms with van der Waals surface area (Å²) < 4.78 is 23.8. The number of nitrogens with zero attached hydrogens (tertiary/aromatic N) is 4. The molecule has 226 valence electrons. The van der Waals surface area contributed by atoms with Gasteiger partial charge in [-0.3, -0.25) is 20.2 Å². The molecular formula is C26H30BBr3N4O8. The Labute approximate surface area is 269 Å². The van der Waals surface area contributed by atoms with Crippen LogP contribution in [0.25, 0.3) is 5.57 Å². The average molecular weight is 777 g/mol. The van der Waals surface area contributed by atoms with Gasteiger partial charge >= 0.3 is 12.8 Å².